The number of anilines is 1. The van der Waals surface area contributed by atoms with Crippen LogP contribution in [0.15, 0.2) is 26.1 Å². The Morgan fingerprint density at radius 2 is 2.33 bits per heavy atom. The molecule has 18 heavy (non-hydrogen) atoms. The SMILES string of the molecule is NC(CC(=O)Nc1cccc2c1N=[Se]=N2)C1CC1. The van der Waals surface area contributed by atoms with Gasteiger partial charge in [0.25, 0.3) is 0 Å². The second kappa shape index (κ2) is 4.80. The van der Waals surface area contributed by atoms with Crippen molar-refractivity contribution in [1.29, 1.82) is 0 Å². The van der Waals surface area contributed by atoms with Crippen LogP contribution < -0.4 is 11.1 Å². The van der Waals surface area contributed by atoms with Crippen LogP contribution in [0.4, 0.5) is 17.1 Å². The van der Waals surface area contributed by atoms with Crippen molar-refractivity contribution in [2.75, 3.05) is 5.32 Å². The first kappa shape index (κ1) is 11.8. The van der Waals surface area contributed by atoms with Gasteiger partial charge in [0.2, 0.25) is 0 Å². The van der Waals surface area contributed by atoms with E-state index in [1.807, 2.05) is 18.2 Å². The average molecular weight is 309 g/mol. The van der Waals surface area contributed by atoms with E-state index >= 15 is 0 Å². The Bertz CT molecular complexity index is 561. The van der Waals surface area contributed by atoms with E-state index in [9.17, 15) is 4.79 Å². The molecule has 0 spiro atoms. The van der Waals surface area contributed by atoms with Crippen LogP contribution in [0.2, 0.25) is 0 Å². The predicted octanol–water partition coefficient (Wildman–Crippen LogP) is 2.10. The standard InChI is InChI=1S/C12H14N4OSe/c13-8(7-4-5-7)6-11(17)14-9-2-1-3-10-12(9)16-18-15-10/h1-3,7-8H,4-6,13H2,(H,14,17). The first-order valence-electron chi connectivity index (χ1n) is 6.01. The summed E-state index contributed by atoms with van der Waals surface area (Å²) in [6.45, 7) is 0. The molecular formula is C12H14N4OSe. The van der Waals surface area contributed by atoms with Gasteiger partial charge in [0.05, 0.1) is 0 Å². The van der Waals surface area contributed by atoms with Gasteiger partial charge in [0, 0.05) is 0 Å². The Kier molecular flexibility index (Phi) is 3.16. The van der Waals surface area contributed by atoms with E-state index in [1.54, 1.807) is 0 Å². The van der Waals surface area contributed by atoms with Gasteiger partial charge in [-0.25, -0.2) is 0 Å². The molecule has 0 aromatic heterocycles. The van der Waals surface area contributed by atoms with Crippen LogP contribution in [0.3, 0.4) is 0 Å². The topological polar surface area (TPSA) is 79.8 Å². The number of carbonyl (C=O) groups excluding carboxylic acids is 1. The molecule has 0 bridgehead atoms. The number of carbonyl (C=O) groups is 1. The minimum absolute atomic E-state index is 0.00685. The summed E-state index contributed by atoms with van der Waals surface area (Å²) in [6, 6.07) is 5.65. The van der Waals surface area contributed by atoms with Crippen LogP contribution in [-0.4, -0.2) is 26.5 Å². The second-order valence-electron chi connectivity index (χ2n) is 4.69. The van der Waals surface area contributed by atoms with E-state index < -0.39 is 0 Å². The van der Waals surface area contributed by atoms with Gasteiger partial charge in [-0.1, -0.05) is 0 Å². The molecule has 1 unspecified atom stereocenters. The molecule has 1 aromatic carbocycles. The van der Waals surface area contributed by atoms with E-state index in [4.69, 9.17) is 5.73 Å². The van der Waals surface area contributed by atoms with Crippen LogP contribution in [0.5, 0.6) is 0 Å². The summed E-state index contributed by atoms with van der Waals surface area (Å²) in [5.41, 5.74) is 8.39. The Morgan fingerprint density at radius 1 is 1.50 bits per heavy atom. The van der Waals surface area contributed by atoms with Crippen LogP contribution in [-0.2, 0) is 4.79 Å². The molecule has 1 heterocycles. The normalized spacial score (nSPS) is 18.1. The van der Waals surface area contributed by atoms with Crippen LogP contribution in [0.25, 0.3) is 0 Å². The summed E-state index contributed by atoms with van der Waals surface area (Å²) in [6.07, 6.45) is 2.70. The van der Waals surface area contributed by atoms with Crippen LogP contribution >= 0.6 is 0 Å². The van der Waals surface area contributed by atoms with Crippen molar-refractivity contribution in [3.63, 3.8) is 0 Å². The molecule has 1 aromatic rings. The van der Waals surface area contributed by atoms with E-state index in [0.29, 0.717) is 12.3 Å². The van der Waals surface area contributed by atoms with Crippen molar-refractivity contribution >= 4 is 37.5 Å². The first-order chi connectivity index (χ1) is 8.74. The zero-order chi connectivity index (χ0) is 12.5. The average Bonchev–Trinajstić information content (AvgIpc) is 3.08. The quantitative estimate of drug-likeness (QED) is 0.848. The molecule has 0 radical (unpaired) electrons. The third-order valence-corrected chi connectivity index (χ3v) is 4.35. The molecule has 94 valence electrons. The Balaban J connectivity index is 1.67. The third-order valence-electron chi connectivity index (χ3n) is 3.21. The molecule has 1 amide bonds. The monoisotopic (exact) mass is 310 g/mol. The zero-order valence-corrected chi connectivity index (χ0v) is 11.5. The number of nitrogens with two attached hydrogens (primary N) is 1. The summed E-state index contributed by atoms with van der Waals surface area (Å²) in [7, 11) is 0. The molecule has 0 saturated heterocycles. The van der Waals surface area contributed by atoms with Crippen LogP contribution in [0.1, 0.15) is 19.3 Å². The summed E-state index contributed by atoms with van der Waals surface area (Å²) in [4.78, 5) is 11.9. The van der Waals surface area contributed by atoms with Crippen molar-refractivity contribution in [3.8, 4) is 0 Å². The fraction of sp³-hybridized carbons (Fsp3) is 0.417. The van der Waals surface area contributed by atoms with E-state index in [-0.39, 0.29) is 26.5 Å². The summed E-state index contributed by atoms with van der Waals surface area (Å²) in [5.74, 6) is 0.512. The number of hydrogen-bond donors (Lipinski definition) is 2. The van der Waals surface area contributed by atoms with Crippen LogP contribution in [0, 0.1) is 5.92 Å². The van der Waals surface area contributed by atoms with Gasteiger partial charge in [-0.2, -0.15) is 0 Å². The van der Waals surface area contributed by atoms with E-state index in [2.05, 4.69) is 13.2 Å². The Hall–Kier alpha value is -1.23. The van der Waals surface area contributed by atoms with Crippen molar-refractivity contribution in [1.82, 2.24) is 0 Å². The fourth-order valence-corrected chi connectivity index (χ4v) is 3.17. The van der Waals surface area contributed by atoms with Gasteiger partial charge < -0.3 is 0 Å². The molecule has 1 fully saturated rings. The molecule has 2 aliphatic rings. The van der Waals surface area contributed by atoms with Crippen molar-refractivity contribution in [2.45, 2.75) is 25.3 Å². The molecular weight excluding hydrogens is 295 g/mol. The number of nitrogens with one attached hydrogen (secondary N) is 1. The molecule has 5 nitrogen and oxygen atoms in total. The number of rotatable bonds is 4. The maximum atomic E-state index is 11.9. The number of nitrogens with zero attached hydrogens (tertiary/aromatic N) is 2. The van der Waals surface area contributed by atoms with Gasteiger partial charge >= 0.3 is 111 Å². The zero-order valence-electron chi connectivity index (χ0n) is 9.80. The van der Waals surface area contributed by atoms with Crippen molar-refractivity contribution < 1.29 is 4.79 Å². The van der Waals surface area contributed by atoms with E-state index in [0.717, 1.165) is 29.9 Å². The predicted molar refractivity (Wildman–Crippen MR) is 70.3 cm³/mol. The maximum absolute atomic E-state index is 11.9. The number of fused-ring (bicyclic) bond motifs is 1. The van der Waals surface area contributed by atoms with E-state index in [1.165, 1.54) is 0 Å². The van der Waals surface area contributed by atoms with Crippen molar-refractivity contribution in [2.24, 2.45) is 19.6 Å². The van der Waals surface area contributed by atoms with Gasteiger partial charge in [-0.15, -0.1) is 0 Å². The third kappa shape index (κ3) is 2.46. The number of benzene rings is 1. The molecule has 3 N–H and O–H groups in total. The Morgan fingerprint density at radius 3 is 3.11 bits per heavy atom. The van der Waals surface area contributed by atoms with Crippen molar-refractivity contribution in [3.05, 3.63) is 18.2 Å². The second-order valence-corrected chi connectivity index (χ2v) is 5.80. The summed E-state index contributed by atoms with van der Waals surface area (Å²) < 4.78 is 8.61. The molecule has 1 saturated carbocycles. The summed E-state index contributed by atoms with van der Waals surface area (Å²) in [5, 5.41) is 2.89. The van der Waals surface area contributed by atoms with Gasteiger partial charge in [-0.3, -0.25) is 0 Å². The Labute approximate surface area is 111 Å². The molecule has 1 aliphatic carbocycles. The minimum atomic E-state index is -0.0758. The van der Waals surface area contributed by atoms with Gasteiger partial charge in [0.15, 0.2) is 0 Å². The molecule has 1 atom stereocenters. The molecule has 1 aliphatic heterocycles. The fourth-order valence-electron chi connectivity index (χ4n) is 2.01. The number of hydrogen-bond acceptors (Lipinski definition) is 4. The summed E-state index contributed by atoms with van der Waals surface area (Å²) >= 11 is -0.0758. The number of amides is 1. The molecule has 6 heteroatoms. The molecule has 3 rings (SSSR count). The first-order valence-corrected chi connectivity index (χ1v) is 7.54. The van der Waals surface area contributed by atoms with Gasteiger partial charge in [0.1, 0.15) is 0 Å². The van der Waals surface area contributed by atoms with Gasteiger partial charge in [-0.05, 0) is 0 Å².